The molecule has 1 aliphatic rings. The fourth-order valence-electron chi connectivity index (χ4n) is 5.41. The molecular weight excluding hydrogens is 506 g/mol. The summed E-state index contributed by atoms with van der Waals surface area (Å²) < 4.78 is 7.92. The molecular formula is C31H33N5O2S. The number of nitrogens with zero attached hydrogens (tertiary/aromatic N) is 3. The van der Waals surface area contributed by atoms with Crippen LogP contribution in [0.5, 0.6) is 5.75 Å². The van der Waals surface area contributed by atoms with Gasteiger partial charge in [0.1, 0.15) is 5.75 Å². The molecule has 3 heterocycles. The highest BCUT2D eigenvalue weighted by atomic mass is 32.1. The Morgan fingerprint density at radius 3 is 2.41 bits per heavy atom. The van der Waals surface area contributed by atoms with Crippen molar-refractivity contribution in [3.63, 3.8) is 0 Å². The van der Waals surface area contributed by atoms with E-state index in [0.29, 0.717) is 22.6 Å². The minimum absolute atomic E-state index is 0.0643. The Kier molecular flexibility index (Phi) is 7.65. The fraction of sp³-hybridized carbons (Fsp3) is 0.258. The number of nitrogens with one attached hydrogen (secondary N) is 2. The van der Waals surface area contributed by atoms with Crippen LogP contribution in [-0.2, 0) is 4.79 Å². The molecule has 1 aliphatic heterocycles. The van der Waals surface area contributed by atoms with Crippen LogP contribution in [0.15, 0.2) is 85.1 Å². The van der Waals surface area contributed by atoms with Gasteiger partial charge in [-0.3, -0.25) is 9.78 Å². The normalized spacial score (nSPS) is 16.8. The number of thiocarbonyl (C=S) groups is 1. The number of pyridine rings is 1. The van der Waals surface area contributed by atoms with Crippen LogP contribution in [0, 0.1) is 13.8 Å². The number of anilines is 2. The highest BCUT2D eigenvalue weighted by Gasteiger charge is 2.42. The molecule has 2 aromatic heterocycles. The molecule has 0 radical (unpaired) electrons. The third-order valence-electron chi connectivity index (χ3n) is 7.00. The molecule has 0 bridgehead atoms. The lowest BCUT2D eigenvalue weighted by atomic mass is 9.96. The molecule has 0 unspecified atom stereocenters. The number of rotatable bonds is 8. The quantitative estimate of drug-likeness (QED) is 0.257. The molecule has 0 aliphatic carbocycles. The summed E-state index contributed by atoms with van der Waals surface area (Å²) in [5, 5.41) is 7.07. The van der Waals surface area contributed by atoms with E-state index in [1.807, 2.05) is 79.0 Å². The molecule has 2 aromatic carbocycles. The summed E-state index contributed by atoms with van der Waals surface area (Å²) >= 11 is 5.89. The van der Waals surface area contributed by atoms with E-state index in [9.17, 15) is 4.79 Å². The second kappa shape index (κ2) is 11.3. The number of ether oxygens (including phenoxy) is 1. The van der Waals surface area contributed by atoms with Gasteiger partial charge in [0.05, 0.1) is 17.8 Å². The summed E-state index contributed by atoms with van der Waals surface area (Å²) in [7, 11) is 0. The van der Waals surface area contributed by atoms with Crippen molar-refractivity contribution < 1.29 is 9.53 Å². The first-order valence-electron chi connectivity index (χ1n) is 13.1. The summed E-state index contributed by atoms with van der Waals surface area (Å²) in [6.07, 6.45) is 1.82. The molecule has 2 N–H and O–H groups in total. The Morgan fingerprint density at radius 1 is 1.05 bits per heavy atom. The van der Waals surface area contributed by atoms with Gasteiger partial charge in [0.2, 0.25) is 0 Å². The van der Waals surface area contributed by atoms with Gasteiger partial charge in [0, 0.05) is 35.0 Å². The second-order valence-corrected chi connectivity index (χ2v) is 10.4. The lowest BCUT2D eigenvalue weighted by Crippen LogP contribution is -2.29. The predicted octanol–water partition coefficient (Wildman–Crippen LogP) is 6.28. The van der Waals surface area contributed by atoms with Crippen molar-refractivity contribution in [1.82, 2.24) is 14.9 Å². The van der Waals surface area contributed by atoms with Gasteiger partial charge in [-0.05, 0) is 100 Å². The number of benzene rings is 2. The van der Waals surface area contributed by atoms with E-state index in [-0.39, 0.29) is 24.6 Å². The van der Waals surface area contributed by atoms with Gasteiger partial charge in [-0.25, -0.2) is 0 Å². The molecule has 5 rings (SSSR count). The van der Waals surface area contributed by atoms with E-state index in [2.05, 4.69) is 58.8 Å². The highest BCUT2D eigenvalue weighted by molar-refractivity contribution is 7.80. The predicted molar refractivity (Wildman–Crippen MR) is 159 cm³/mol. The molecule has 39 heavy (non-hydrogen) atoms. The van der Waals surface area contributed by atoms with E-state index >= 15 is 0 Å². The first-order chi connectivity index (χ1) is 18.8. The van der Waals surface area contributed by atoms with Gasteiger partial charge in [0.25, 0.3) is 5.91 Å². The zero-order valence-electron chi connectivity index (χ0n) is 22.6. The average Bonchev–Trinajstić information content (AvgIpc) is 3.43. The van der Waals surface area contributed by atoms with Crippen molar-refractivity contribution in [1.29, 1.82) is 0 Å². The maximum atomic E-state index is 12.5. The molecule has 8 heteroatoms. The molecule has 0 spiro atoms. The Bertz CT molecular complexity index is 1450. The second-order valence-electron chi connectivity index (χ2n) is 9.98. The number of para-hydroxylation sites is 1. The molecule has 4 aromatic rings. The first-order valence-corrected chi connectivity index (χ1v) is 13.5. The summed E-state index contributed by atoms with van der Waals surface area (Å²) in [5.41, 5.74) is 6.19. The van der Waals surface area contributed by atoms with E-state index < -0.39 is 0 Å². The minimum atomic E-state index is -0.223. The fourth-order valence-corrected chi connectivity index (χ4v) is 5.76. The highest BCUT2D eigenvalue weighted by Crippen LogP contribution is 2.43. The maximum Gasteiger partial charge on any atom is 0.262 e. The largest absolute Gasteiger partial charge is 0.484 e. The third kappa shape index (κ3) is 5.52. The lowest BCUT2D eigenvalue weighted by Gasteiger charge is -2.28. The zero-order chi connectivity index (χ0) is 27.5. The van der Waals surface area contributed by atoms with Crippen LogP contribution in [0.25, 0.3) is 0 Å². The van der Waals surface area contributed by atoms with Gasteiger partial charge in [-0.15, -0.1) is 0 Å². The average molecular weight is 540 g/mol. The molecule has 2 atom stereocenters. The molecule has 1 saturated heterocycles. The number of hydrogen-bond acceptors (Lipinski definition) is 4. The van der Waals surface area contributed by atoms with Crippen molar-refractivity contribution in [3.05, 3.63) is 108 Å². The topological polar surface area (TPSA) is 71.4 Å². The third-order valence-corrected chi connectivity index (χ3v) is 7.31. The van der Waals surface area contributed by atoms with Crippen LogP contribution >= 0.6 is 12.2 Å². The maximum absolute atomic E-state index is 12.5. The number of carbonyl (C=O) groups is 1. The monoisotopic (exact) mass is 539 g/mol. The molecule has 1 amide bonds. The number of carbonyl (C=O) groups excluding carboxylic acids is 1. The van der Waals surface area contributed by atoms with E-state index in [1.54, 1.807) is 0 Å². The summed E-state index contributed by atoms with van der Waals surface area (Å²) in [6, 6.07) is 25.4. The van der Waals surface area contributed by atoms with Gasteiger partial charge in [-0.2, -0.15) is 0 Å². The molecule has 0 saturated carbocycles. The number of aromatic nitrogens is 2. The number of hydrogen-bond donors (Lipinski definition) is 2. The van der Waals surface area contributed by atoms with E-state index in [4.69, 9.17) is 17.0 Å². The summed E-state index contributed by atoms with van der Waals surface area (Å²) in [6.45, 7) is 8.66. The van der Waals surface area contributed by atoms with Gasteiger partial charge in [0.15, 0.2) is 11.7 Å². The van der Waals surface area contributed by atoms with Crippen molar-refractivity contribution in [3.8, 4) is 5.75 Å². The van der Waals surface area contributed by atoms with Crippen LogP contribution in [0.1, 0.15) is 54.6 Å². The van der Waals surface area contributed by atoms with Crippen LogP contribution in [0.4, 0.5) is 11.4 Å². The molecule has 1 fully saturated rings. The summed E-state index contributed by atoms with van der Waals surface area (Å²) in [5.74, 6) is 0.433. The van der Waals surface area contributed by atoms with E-state index in [0.717, 1.165) is 11.4 Å². The van der Waals surface area contributed by atoms with Crippen molar-refractivity contribution in [2.75, 3.05) is 16.8 Å². The Hall–Kier alpha value is -4.17. The van der Waals surface area contributed by atoms with Crippen molar-refractivity contribution >= 4 is 34.6 Å². The van der Waals surface area contributed by atoms with Gasteiger partial charge < -0.3 is 24.8 Å². The lowest BCUT2D eigenvalue weighted by molar-refractivity contribution is -0.118. The number of aryl methyl sites for hydroxylation is 1. The Morgan fingerprint density at radius 2 is 1.77 bits per heavy atom. The standard InChI is InChI=1S/C31H33N5O2S/c1-20(2)35-21(3)18-26(22(35)4)30-29(27-12-8-9-17-32-27)34-31(39)36(30)24-15-13-23(14-16-24)33-28(37)19-38-25-10-6-5-7-11-25/h5-18,20,29-30H,19H2,1-4H3,(H,33,37)(H,34,39)/t29-,30+/m1/s1. The van der Waals surface area contributed by atoms with Crippen molar-refractivity contribution in [2.45, 2.75) is 45.8 Å². The smallest absolute Gasteiger partial charge is 0.262 e. The number of amides is 1. The minimum Gasteiger partial charge on any atom is -0.484 e. The molecule has 7 nitrogen and oxygen atoms in total. The molecule has 200 valence electrons. The Labute approximate surface area is 234 Å². The first kappa shape index (κ1) is 26.4. The van der Waals surface area contributed by atoms with E-state index in [1.165, 1.54) is 17.0 Å². The van der Waals surface area contributed by atoms with Crippen LogP contribution in [-0.4, -0.2) is 27.2 Å². The zero-order valence-corrected chi connectivity index (χ0v) is 23.4. The van der Waals surface area contributed by atoms with Crippen LogP contribution in [0.3, 0.4) is 0 Å². The van der Waals surface area contributed by atoms with Crippen molar-refractivity contribution in [2.24, 2.45) is 0 Å². The summed E-state index contributed by atoms with van der Waals surface area (Å²) in [4.78, 5) is 19.3. The van der Waals surface area contributed by atoms with Gasteiger partial charge in [-0.1, -0.05) is 24.3 Å². The van der Waals surface area contributed by atoms with Crippen LogP contribution in [0.2, 0.25) is 0 Å². The Balaban J connectivity index is 1.41. The SMILES string of the molecule is Cc1cc([C@H]2[C@@H](c3ccccn3)NC(=S)N2c2ccc(NC(=O)COc3ccccc3)cc2)c(C)n1C(C)C. The van der Waals surface area contributed by atoms with Crippen LogP contribution < -0.4 is 20.3 Å². The van der Waals surface area contributed by atoms with Gasteiger partial charge >= 0.3 is 0 Å².